The summed E-state index contributed by atoms with van der Waals surface area (Å²) in [6.07, 6.45) is 9.97. The third-order valence-electron chi connectivity index (χ3n) is 9.00. The third-order valence-corrected chi connectivity index (χ3v) is 48.2. The van der Waals surface area contributed by atoms with Crippen LogP contribution in [0.1, 0.15) is 20.3 Å². The second kappa shape index (κ2) is 3.02. The topological polar surface area (TPSA) is 15.8 Å². The van der Waals surface area contributed by atoms with E-state index < -0.39 is 12.4 Å². The molecule has 1 aromatic rings. The van der Waals surface area contributed by atoms with Crippen LogP contribution in [0.2, 0.25) is 27.8 Å². The molecule has 4 heteroatoms. The summed E-state index contributed by atoms with van der Waals surface area (Å²) in [7, 11) is 0. The van der Waals surface area contributed by atoms with Gasteiger partial charge in [0.05, 0.1) is 0 Å². The monoisotopic (exact) mass is 425 g/mol. The van der Waals surface area contributed by atoms with Gasteiger partial charge in [0.1, 0.15) is 0 Å². The van der Waals surface area contributed by atoms with Crippen molar-refractivity contribution in [2.24, 2.45) is 0 Å². The molecule has 1 N–H and O–H groups in total. The molecule has 1 nitrogen and oxygen atoms in total. The molecule has 130 valence electrons. The fourth-order valence-corrected chi connectivity index (χ4v) is 20.4. The maximum Gasteiger partial charge on any atom is -0.147 e. The molecule has 2 rings (SSSR count). The van der Waals surface area contributed by atoms with Gasteiger partial charge < -0.3 is 0 Å². The van der Waals surface area contributed by atoms with Crippen LogP contribution in [0, 0.1) is 0 Å². The Balaban J connectivity index is 0.00000220. The predicted molar refractivity (Wildman–Crippen MR) is 108 cm³/mol. The molecule has 0 unspecified atom stereocenters. The van der Waals surface area contributed by atoms with E-state index in [1.165, 1.54) is 6.61 Å². The summed E-state index contributed by atoms with van der Waals surface area (Å²) in [6.45, 7) is 4.65. The van der Waals surface area contributed by atoms with Crippen LogP contribution in [0.5, 0.6) is 0 Å². The first-order valence-corrected chi connectivity index (χ1v) is 26.4. The Morgan fingerprint density at radius 1 is 1.00 bits per heavy atom. The van der Waals surface area contributed by atoms with Crippen molar-refractivity contribution in [1.29, 1.82) is 0 Å². The molecule has 0 saturated heterocycles. The number of aromatic amines is 1. The van der Waals surface area contributed by atoms with Gasteiger partial charge in [-0.05, 0) is 0 Å². The Morgan fingerprint density at radius 3 is 1.86 bits per heavy atom. The molecular formula is C18H35Cl2NZr. The first-order valence-electron chi connectivity index (χ1n) is 7.96. The van der Waals surface area contributed by atoms with Crippen molar-refractivity contribution < 1.29 is 12.4 Å². The van der Waals surface area contributed by atoms with E-state index in [0.717, 1.165) is 6.42 Å². The first-order chi connectivity index (χ1) is 8.37. The molecule has 0 fully saturated rings. The van der Waals surface area contributed by atoms with Crippen molar-refractivity contribution in [3.05, 3.63) is 39.8 Å². The minimum Gasteiger partial charge on any atom is -0.147 e. The van der Waals surface area contributed by atoms with Crippen LogP contribution in [-0.2, 0) is 12.4 Å². The summed E-state index contributed by atoms with van der Waals surface area (Å²) in [5, 5.41) is 0. The van der Waals surface area contributed by atoms with Gasteiger partial charge in [0, 0.05) is 0 Å². The summed E-state index contributed by atoms with van der Waals surface area (Å²) < 4.78 is 19.8. The average Bonchev–Trinajstić information content (AvgIpc) is 2.91. The molecule has 0 aliphatic heterocycles. The van der Waals surface area contributed by atoms with Crippen LogP contribution >= 0.6 is 24.8 Å². The van der Waals surface area contributed by atoms with Gasteiger partial charge in [-0.1, -0.05) is 0 Å². The largest absolute Gasteiger partial charge is 0.147 e. The maximum absolute atomic E-state index is 5.32. The second-order valence-electron chi connectivity index (χ2n) is 15.8. The van der Waals surface area contributed by atoms with E-state index in [1.54, 1.807) is 3.28 Å². The van der Waals surface area contributed by atoms with Gasteiger partial charge in [-0.3, -0.25) is 0 Å². The average molecular weight is 428 g/mol. The Labute approximate surface area is 136 Å². The van der Waals surface area contributed by atoms with Crippen LogP contribution in [0.3, 0.4) is 0 Å². The van der Waals surface area contributed by atoms with E-state index in [9.17, 15) is 0 Å². The standard InChI is InChI=1S/C5H5.C4H4N.C3H6.6CH3.2ClH.Zr/c2*1-2-4-5-3-1;1-3-2;;;;;;;;;/h1-3H,4H2;1-3,5H;1-2H3;6*1H3;2*1H;. The first kappa shape index (κ1) is 22.1. The van der Waals surface area contributed by atoms with Crippen molar-refractivity contribution in [2.75, 3.05) is 0 Å². The number of aromatic nitrogens is 1. The van der Waals surface area contributed by atoms with Crippen LogP contribution < -0.4 is 3.40 Å². The van der Waals surface area contributed by atoms with Crippen molar-refractivity contribution in [3.63, 3.8) is 0 Å². The fourth-order valence-electron chi connectivity index (χ4n) is 3.93. The summed E-state index contributed by atoms with van der Waals surface area (Å²) >= 11 is -5.32. The van der Waals surface area contributed by atoms with Gasteiger partial charge in [-0.2, -0.15) is 0 Å². The van der Waals surface area contributed by atoms with E-state index in [0.29, 0.717) is 0 Å². The number of H-pyrrole nitrogens is 1. The van der Waals surface area contributed by atoms with Crippen LogP contribution in [0.25, 0.3) is 0 Å². The number of halogens is 2. The third kappa shape index (κ3) is 1.90. The Hall–Kier alpha value is 0.0931. The number of nitrogens with one attached hydrogen (secondary N) is 1. The van der Waals surface area contributed by atoms with Crippen molar-refractivity contribution >= 4 is 31.4 Å². The van der Waals surface area contributed by atoms with Gasteiger partial charge in [-0.25, -0.2) is 0 Å². The molecule has 1 aliphatic rings. The second-order valence-corrected chi connectivity index (χ2v) is 82.0. The summed E-state index contributed by atoms with van der Waals surface area (Å²) in [5.74, 6) is 0. The Kier molecular flexibility index (Phi) is 3.03. The van der Waals surface area contributed by atoms with Gasteiger partial charge in [0.15, 0.2) is 0 Å². The molecule has 22 heavy (non-hydrogen) atoms. The quantitative estimate of drug-likeness (QED) is 0.543. The zero-order valence-corrected chi connectivity index (χ0v) is 19.6. The molecule has 0 atom stereocenters. The van der Waals surface area contributed by atoms with Crippen LogP contribution in [0.15, 0.2) is 39.8 Å². The molecule has 0 saturated carbocycles. The van der Waals surface area contributed by atoms with E-state index in [1.807, 2.05) is 0 Å². The zero-order chi connectivity index (χ0) is 15.7. The van der Waals surface area contributed by atoms with E-state index >= 15 is 0 Å². The maximum atomic E-state index is 3.62. The normalized spacial score (nSPS) is 23.8. The zero-order valence-electron chi connectivity index (χ0n) is 15.5. The number of rotatable bonds is 2. The molecular weight excluding hydrogens is 392 g/mol. The molecule has 0 bridgehead atoms. The summed E-state index contributed by atoms with van der Waals surface area (Å²) in [6, 6.07) is 4.43. The smallest absolute Gasteiger partial charge is 0.147 e. The van der Waals surface area contributed by atoms with Crippen LogP contribution in [-0.4, -0.2) is 8.19 Å². The number of hydrogen-bond donors (Lipinski definition) is 1. The van der Waals surface area contributed by atoms with Gasteiger partial charge in [0.2, 0.25) is 0 Å². The van der Waals surface area contributed by atoms with Gasteiger partial charge in [-0.15, -0.1) is 24.8 Å². The number of hydrogen-bond acceptors (Lipinski definition) is 0. The summed E-state index contributed by atoms with van der Waals surface area (Å²) in [4.78, 5) is 3.62. The van der Waals surface area contributed by atoms with Crippen molar-refractivity contribution in [1.82, 2.24) is 4.98 Å². The molecule has 0 aromatic carbocycles. The molecule has 0 radical (unpaired) electrons. The minimum atomic E-state index is -5.32. The minimum absolute atomic E-state index is 0. The molecule has 1 aliphatic carbocycles. The SMILES string of the molecule is C[C](C)=[Zr]([CH3])([CH3])([CH3])([CH3])([CH3])([CH3])([C]1=CC=CC1)[c]1ccc[nH]1.Cl.Cl. The molecule has 1 heterocycles. The van der Waals surface area contributed by atoms with Crippen molar-refractivity contribution in [2.45, 2.75) is 48.1 Å². The van der Waals surface area contributed by atoms with Gasteiger partial charge in [0.25, 0.3) is 0 Å². The Bertz CT molecular complexity index is 854. The number of allylic oxidation sites excluding steroid dienone is 4. The summed E-state index contributed by atoms with van der Waals surface area (Å²) in [5.41, 5.74) is 0. The van der Waals surface area contributed by atoms with Gasteiger partial charge >= 0.3 is 112 Å². The van der Waals surface area contributed by atoms with E-state index in [4.69, 9.17) is 0 Å². The molecule has 0 amide bonds. The van der Waals surface area contributed by atoms with E-state index in [2.05, 4.69) is 83.2 Å². The molecule has 0 spiro atoms. The Morgan fingerprint density at radius 2 is 1.55 bits per heavy atom. The van der Waals surface area contributed by atoms with E-state index in [-0.39, 0.29) is 24.8 Å². The van der Waals surface area contributed by atoms with Crippen molar-refractivity contribution in [3.8, 4) is 0 Å². The fraction of sp³-hybridized carbons (Fsp3) is 0.500. The molecule has 1 aromatic heterocycles. The van der Waals surface area contributed by atoms with Crippen LogP contribution in [0.4, 0.5) is 0 Å². The predicted octanol–water partition coefficient (Wildman–Crippen LogP) is 6.66.